The largest absolute Gasteiger partial charge is 0.491 e. The van der Waals surface area contributed by atoms with E-state index in [1.807, 2.05) is 42.2 Å². The highest BCUT2D eigenvalue weighted by molar-refractivity contribution is 5.94. The van der Waals surface area contributed by atoms with E-state index in [9.17, 15) is 9.59 Å². The molecular weight excluding hydrogens is 402 g/mol. The number of imidazole rings is 1. The maximum absolute atomic E-state index is 13.1. The van der Waals surface area contributed by atoms with Crippen molar-refractivity contribution >= 4 is 23.2 Å². The number of carbonyl (C=O) groups excluding carboxylic acids is 2. The van der Waals surface area contributed by atoms with Gasteiger partial charge in [0.15, 0.2) is 0 Å². The summed E-state index contributed by atoms with van der Waals surface area (Å²) in [6.07, 6.45) is 1.22. The molecule has 160 valence electrons. The molecule has 4 aromatic rings. The molecule has 6 heteroatoms. The predicted octanol–water partition coefficient (Wildman–Crippen LogP) is 4.31. The van der Waals surface area contributed by atoms with Crippen LogP contribution < -0.4 is 4.74 Å². The Morgan fingerprint density at radius 2 is 1.88 bits per heavy atom. The summed E-state index contributed by atoms with van der Waals surface area (Å²) in [6.45, 7) is 3.38. The summed E-state index contributed by atoms with van der Waals surface area (Å²) in [7, 11) is 0. The van der Waals surface area contributed by atoms with E-state index in [0.717, 1.165) is 51.1 Å². The van der Waals surface area contributed by atoms with E-state index in [1.54, 1.807) is 12.1 Å². The number of rotatable bonds is 4. The lowest BCUT2D eigenvalue weighted by Gasteiger charge is -2.20. The average molecular weight is 425 g/mol. The molecule has 0 aliphatic carbocycles. The second kappa shape index (κ2) is 8.30. The van der Waals surface area contributed by atoms with Crippen LogP contribution in [0, 0.1) is 6.92 Å². The maximum atomic E-state index is 13.1. The average Bonchev–Trinajstić information content (AvgIpc) is 3.05. The van der Waals surface area contributed by atoms with Crippen LogP contribution in [-0.4, -0.2) is 40.2 Å². The number of amides is 1. The number of ether oxygens (including phenoxy) is 1. The van der Waals surface area contributed by atoms with Gasteiger partial charge in [-0.2, -0.15) is 0 Å². The predicted molar refractivity (Wildman–Crippen MR) is 123 cm³/mol. The monoisotopic (exact) mass is 425 g/mol. The molecule has 0 fully saturated rings. The van der Waals surface area contributed by atoms with Crippen LogP contribution >= 0.6 is 0 Å². The number of benzene rings is 3. The van der Waals surface area contributed by atoms with E-state index >= 15 is 0 Å². The fourth-order valence-electron chi connectivity index (χ4n) is 4.13. The van der Waals surface area contributed by atoms with Crippen molar-refractivity contribution in [3.63, 3.8) is 0 Å². The molecule has 1 N–H and O–H groups in total. The van der Waals surface area contributed by atoms with Gasteiger partial charge in [-0.15, -0.1) is 0 Å². The first kappa shape index (κ1) is 20.0. The van der Waals surface area contributed by atoms with Crippen molar-refractivity contribution in [1.82, 2.24) is 14.9 Å². The maximum Gasteiger partial charge on any atom is 0.254 e. The molecule has 32 heavy (non-hydrogen) atoms. The van der Waals surface area contributed by atoms with Gasteiger partial charge in [0.05, 0.1) is 17.6 Å². The Kier molecular flexibility index (Phi) is 5.19. The lowest BCUT2D eigenvalue weighted by Crippen LogP contribution is -2.32. The van der Waals surface area contributed by atoms with Crippen LogP contribution in [0.1, 0.15) is 27.3 Å². The molecule has 0 spiro atoms. The molecule has 0 radical (unpaired) electrons. The standard InChI is InChI=1S/C26H23N3O3/c1-17-27-23-8-6-21(15-24(23)28-17)20-7-9-25-22(14-20)16-29(11-13-32-25)26(31)19-4-2-18(3-5-19)10-12-30/h2-9,12,14-15H,10-11,13,16H2,1H3,(H,27,28). The third-order valence-electron chi connectivity index (χ3n) is 5.78. The smallest absolute Gasteiger partial charge is 0.254 e. The first-order valence-corrected chi connectivity index (χ1v) is 10.6. The minimum Gasteiger partial charge on any atom is -0.491 e. The van der Waals surface area contributed by atoms with E-state index in [0.29, 0.717) is 31.7 Å². The lowest BCUT2D eigenvalue weighted by atomic mass is 10.0. The van der Waals surface area contributed by atoms with Crippen molar-refractivity contribution in [1.29, 1.82) is 0 Å². The Hall–Kier alpha value is -3.93. The quantitative estimate of drug-likeness (QED) is 0.494. The number of nitrogens with zero attached hydrogens (tertiary/aromatic N) is 2. The van der Waals surface area contributed by atoms with Gasteiger partial charge in [0, 0.05) is 24.1 Å². The number of H-pyrrole nitrogens is 1. The van der Waals surface area contributed by atoms with Crippen LogP contribution in [0.4, 0.5) is 0 Å². The summed E-state index contributed by atoms with van der Waals surface area (Å²) in [5, 5.41) is 0. The van der Waals surface area contributed by atoms with E-state index in [2.05, 4.69) is 28.2 Å². The minimum absolute atomic E-state index is 0.0427. The van der Waals surface area contributed by atoms with Gasteiger partial charge in [0.1, 0.15) is 24.5 Å². The molecule has 1 amide bonds. The first-order valence-electron chi connectivity index (χ1n) is 10.6. The summed E-state index contributed by atoms with van der Waals surface area (Å²) in [5.41, 5.74) is 6.58. The van der Waals surface area contributed by atoms with Crippen molar-refractivity contribution in [2.75, 3.05) is 13.2 Å². The second-order valence-electron chi connectivity index (χ2n) is 8.02. The number of carbonyl (C=O) groups is 2. The van der Waals surface area contributed by atoms with E-state index < -0.39 is 0 Å². The van der Waals surface area contributed by atoms with Crippen molar-refractivity contribution in [3.8, 4) is 16.9 Å². The molecule has 0 bridgehead atoms. The number of hydrogen-bond acceptors (Lipinski definition) is 4. The van der Waals surface area contributed by atoms with Crippen molar-refractivity contribution in [3.05, 3.63) is 83.2 Å². The molecular formula is C26H23N3O3. The summed E-state index contributed by atoms with van der Waals surface area (Å²) in [4.78, 5) is 33.4. The van der Waals surface area contributed by atoms with Crippen LogP contribution in [0.5, 0.6) is 5.75 Å². The zero-order valence-corrected chi connectivity index (χ0v) is 17.8. The van der Waals surface area contributed by atoms with E-state index in [-0.39, 0.29) is 5.91 Å². The third kappa shape index (κ3) is 3.87. The number of aryl methyl sites for hydroxylation is 1. The zero-order valence-electron chi connectivity index (χ0n) is 17.8. The van der Waals surface area contributed by atoms with Gasteiger partial charge in [-0.05, 0) is 60.0 Å². The molecule has 5 rings (SSSR count). The molecule has 0 atom stereocenters. The van der Waals surface area contributed by atoms with Crippen molar-refractivity contribution in [2.45, 2.75) is 19.9 Å². The molecule has 0 saturated carbocycles. The molecule has 1 aliphatic heterocycles. The van der Waals surface area contributed by atoms with Crippen molar-refractivity contribution in [2.24, 2.45) is 0 Å². The molecule has 1 aliphatic rings. The van der Waals surface area contributed by atoms with Crippen LogP contribution in [0.2, 0.25) is 0 Å². The van der Waals surface area contributed by atoms with Crippen LogP contribution in [0.15, 0.2) is 60.7 Å². The zero-order chi connectivity index (χ0) is 22.1. The summed E-state index contributed by atoms with van der Waals surface area (Å²) < 4.78 is 5.93. The molecule has 6 nitrogen and oxygen atoms in total. The molecule has 0 saturated heterocycles. The third-order valence-corrected chi connectivity index (χ3v) is 5.78. The van der Waals surface area contributed by atoms with Gasteiger partial charge in [-0.3, -0.25) is 4.79 Å². The SMILES string of the molecule is Cc1nc2ccc(-c3ccc4c(c3)CN(C(=O)c3ccc(CC=O)cc3)CCO4)cc2[nH]1. The molecule has 1 aromatic heterocycles. The number of aromatic amines is 1. The lowest BCUT2D eigenvalue weighted by molar-refractivity contribution is -0.107. The Bertz CT molecular complexity index is 1310. The fraction of sp³-hybridized carbons (Fsp3) is 0.192. The number of aldehydes is 1. The van der Waals surface area contributed by atoms with Crippen molar-refractivity contribution < 1.29 is 14.3 Å². The molecule has 3 aromatic carbocycles. The van der Waals surface area contributed by atoms with Crippen LogP contribution in [0.25, 0.3) is 22.2 Å². The second-order valence-corrected chi connectivity index (χ2v) is 8.02. The normalized spacial score (nSPS) is 13.3. The fourth-order valence-corrected chi connectivity index (χ4v) is 4.13. The van der Waals surface area contributed by atoms with Gasteiger partial charge in [0.2, 0.25) is 0 Å². The van der Waals surface area contributed by atoms with Gasteiger partial charge in [0.25, 0.3) is 5.91 Å². The highest BCUT2D eigenvalue weighted by Crippen LogP contribution is 2.31. The minimum atomic E-state index is -0.0427. The summed E-state index contributed by atoms with van der Waals surface area (Å²) >= 11 is 0. The number of aromatic nitrogens is 2. The Balaban J connectivity index is 1.42. The summed E-state index contributed by atoms with van der Waals surface area (Å²) in [5.74, 6) is 1.66. The van der Waals surface area contributed by atoms with Gasteiger partial charge < -0.3 is 19.4 Å². The van der Waals surface area contributed by atoms with Crippen LogP contribution in [-0.2, 0) is 17.8 Å². The summed E-state index contributed by atoms with van der Waals surface area (Å²) in [6, 6.07) is 19.5. The number of hydrogen-bond donors (Lipinski definition) is 1. The van der Waals surface area contributed by atoms with Gasteiger partial charge >= 0.3 is 0 Å². The van der Waals surface area contributed by atoms with E-state index in [1.165, 1.54) is 0 Å². The van der Waals surface area contributed by atoms with Crippen LogP contribution in [0.3, 0.4) is 0 Å². The number of fused-ring (bicyclic) bond motifs is 2. The highest BCUT2D eigenvalue weighted by atomic mass is 16.5. The van der Waals surface area contributed by atoms with Gasteiger partial charge in [-0.25, -0.2) is 4.98 Å². The van der Waals surface area contributed by atoms with E-state index in [4.69, 9.17) is 4.74 Å². The highest BCUT2D eigenvalue weighted by Gasteiger charge is 2.21. The Labute approximate surface area is 185 Å². The topological polar surface area (TPSA) is 75.3 Å². The first-order chi connectivity index (χ1) is 15.6. The Morgan fingerprint density at radius 3 is 2.69 bits per heavy atom. The number of nitrogens with one attached hydrogen (secondary N) is 1. The Morgan fingerprint density at radius 1 is 1.09 bits per heavy atom. The molecule has 2 heterocycles. The molecule has 0 unspecified atom stereocenters. The van der Waals surface area contributed by atoms with Gasteiger partial charge in [-0.1, -0.05) is 24.3 Å².